The summed E-state index contributed by atoms with van der Waals surface area (Å²) >= 11 is 0. The topological polar surface area (TPSA) is 67.2 Å². The lowest BCUT2D eigenvalue weighted by molar-refractivity contribution is 0.253. The van der Waals surface area contributed by atoms with Crippen LogP contribution in [0.1, 0.15) is 5.69 Å². The van der Waals surface area contributed by atoms with Crippen molar-refractivity contribution in [2.75, 3.05) is 12.4 Å². The Balaban J connectivity index is 2.57. The second kappa shape index (κ2) is 3.05. The summed E-state index contributed by atoms with van der Waals surface area (Å²) in [7, 11) is 1.53. The summed E-state index contributed by atoms with van der Waals surface area (Å²) in [4.78, 5) is 10.7. The van der Waals surface area contributed by atoms with E-state index in [1.165, 1.54) is 7.05 Å². The minimum atomic E-state index is -0.318. The molecular formula is C6H9N3O2. The Bertz CT molecular complexity index is 256. The van der Waals surface area contributed by atoms with Crippen molar-refractivity contribution in [1.82, 2.24) is 10.5 Å². The van der Waals surface area contributed by atoms with Gasteiger partial charge in [-0.1, -0.05) is 5.16 Å². The van der Waals surface area contributed by atoms with E-state index in [1.807, 2.05) is 0 Å². The van der Waals surface area contributed by atoms with E-state index in [4.69, 9.17) is 4.52 Å². The molecule has 0 radical (unpaired) electrons. The van der Waals surface area contributed by atoms with Crippen LogP contribution < -0.4 is 10.6 Å². The highest BCUT2D eigenvalue weighted by Gasteiger charge is 2.02. The molecular weight excluding hydrogens is 146 g/mol. The van der Waals surface area contributed by atoms with Crippen LogP contribution in [0.2, 0.25) is 0 Å². The molecule has 0 aliphatic carbocycles. The monoisotopic (exact) mass is 155 g/mol. The lowest BCUT2D eigenvalue weighted by atomic mass is 10.5. The largest absolute Gasteiger partial charge is 0.341 e. The summed E-state index contributed by atoms with van der Waals surface area (Å²) in [5, 5.41) is 8.40. The number of anilines is 1. The molecule has 5 heteroatoms. The van der Waals surface area contributed by atoms with Crippen LogP contribution in [-0.2, 0) is 0 Å². The smallest absolute Gasteiger partial charge is 0.321 e. The molecule has 0 atom stereocenters. The first-order valence-corrected chi connectivity index (χ1v) is 3.14. The number of nitrogens with one attached hydrogen (secondary N) is 2. The van der Waals surface area contributed by atoms with Gasteiger partial charge in [0.2, 0.25) is 5.88 Å². The lowest BCUT2D eigenvalue weighted by Gasteiger charge is -1.96. The summed E-state index contributed by atoms with van der Waals surface area (Å²) in [6, 6.07) is 1.32. The van der Waals surface area contributed by atoms with E-state index < -0.39 is 0 Å². The number of aromatic nitrogens is 1. The second-order valence-corrected chi connectivity index (χ2v) is 2.04. The normalized spacial score (nSPS) is 9.27. The molecule has 1 rings (SSSR count). The van der Waals surface area contributed by atoms with Crippen molar-refractivity contribution in [1.29, 1.82) is 0 Å². The van der Waals surface area contributed by atoms with E-state index in [2.05, 4.69) is 15.8 Å². The molecule has 2 N–H and O–H groups in total. The summed E-state index contributed by atoms with van der Waals surface area (Å²) in [6.45, 7) is 1.78. The number of aryl methyl sites for hydroxylation is 1. The average Bonchev–Trinajstić information content (AvgIpc) is 2.35. The van der Waals surface area contributed by atoms with Crippen molar-refractivity contribution >= 4 is 11.9 Å². The van der Waals surface area contributed by atoms with Gasteiger partial charge in [-0.25, -0.2) is 4.79 Å². The van der Waals surface area contributed by atoms with Gasteiger partial charge in [0.15, 0.2) is 0 Å². The predicted molar refractivity (Wildman–Crippen MR) is 39.3 cm³/mol. The first kappa shape index (κ1) is 7.59. The van der Waals surface area contributed by atoms with Gasteiger partial charge in [0.05, 0.1) is 5.69 Å². The highest BCUT2D eigenvalue weighted by Crippen LogP contribution is 2.07. The number of amides is 2. The Morgan fingerprint density at radius 3 is 2.91 bits per heavy atom. The Labute approximate surface area is 63.8 Å². The van der Waals surface area contributed by atoms with E-state index in [0.29, 0.717) is 5.88 Å². The van der Waals surface area contributed by atoms with E-state index in [0.717, 1.165) is 5.69 Å². The summed E-state index contributed by atoms with van der Waals surface area (Å²) < 4.78 is 4.71. The third kappa shape index (κ3) is 1.96. The van der Waals surface area contributed by atoms with Gasteiger partial charge >= 0.3 is 6.03 Å². The van der Waals surface area contributed by atoms with Gasteiger partial charge < -0.3 is 9.84 Å². The van der Waals surface area contributed by atoms with Crippen LogP contribution in [0, 0.1) is 6.92 Å². The fourth-order valence-electron chi connectivity index (χ4n) is 0.597. The number of carbonyl (C=O) groups is 1. The third-order valence-electron chi connectivity index (χ3n) is 1.09. The van der Waals surface area contributed by atoms with Crippen LogP contribution in [0.4, 0.5) is 10.7 Å². The fraction of sp³-hybridized carbons (Fsp3) is 0.333. The first-order chi connectivity index (χ1) is 5.22. The lowest BCUT2D eigenvalue weighted by Crippen LogP contribution is -2.24. The van der Waals surface area contributed by atoms with Crippen molar-refractivity contribution in [3.05, 3.63) is 11.8 Å². The summed E-state index contributed by atoms with van der Waals surface area (Å²) in [5.41, 5.74) is 0.733. The van der Waals surface area contributed by atoms with Gasteiger partial charge in [0, 0.05) is 13.1 Å². The Hall–Kier alpha value is -1.52. The van der Waals surface area contributed by atoms with Gasteiger partial charge in [-0.05, 0) is 6.92 Å². The van der Waals surface area contributed by atoms with Crippen molar-refractivity contribution in [3.8, 4) is 0 Å². The number of urea groups is 1. The van der Waals surface area contributed by atoms with Crippen LogP contribution >= 0.6 is 0 Å². The van der Waals surface area contributed by atoms with Crippen LogP contribution in [0.3, 0.4) is 0 Å². The van der Waals surface area contributed by atoms with Gasteiger partial charge in [0.1, 0.15) is 0 Å². The zero-order valence-corrected chi connectivity index (χ0v) is 6.34. The zero-order valence-electron chi connectivity index (χ0n) is 6.34. The standard InChI is InChI=1S/C6H9N3O2/c1-4-3-5(11-9-4)8-6(10)7-2/h3H,1-2H3,(H2,7,8,10). The molecule has 11 heavy (non-hydrogen) atoms. The molecule has 0 saturated heterocycles. The summed E-state index contributed by atoms with van der Waals surface area (Å²) in [6.07, 6.45) is 0. The van der Waals surface area contributed by atoms with Gasteiger partial charge in [-0.3, -0.25) is 5.32 Å². The minimum Gasteiger partial charge on any atom is -0.341 e. The SMILES string of the molecule is CNC(=O)Nc1cc(C)no1. The molecule has 0 aliphatic rings. The molecule has 0 saturated carbocycles. The Morgan fingerprint density at radius 2 is 2.45 bits per heavy atom. The van der Waals surface area contributed by atoms with E-state index in [-0.39, 0.29) is 6.03 Å². The predicted octanol–water partition coefficient (Wildman–Crippen LogP) is 0.734. The Morgan fingerprint density at radius 1 is 1.73 bits per heavy atom. The highest BCUT2D eigenvalue weighted by molar-refractivity contribution is 5.87. The number of hydrogen-bond donors (Lipinski definition) is 2. The van der Waals surface area contributed by atoms with Crippen molar-refractivity contribution in [2.45, 2.75) is 6.92 Å². The Kier molecular flexibility index (Phi) is 2.10. The molecule has 0 unspecified atom stereocenters. The minimum absolute atomic E-state index is 0.318. The van der Waals surface area contributed by atoms with Crippen LogP contribution in [0.25, 0.3) is 0 Å². The van der Waals surface area contributed by atoms with Crippen molar-refractivity contribution in [3.63, 3.8) is 0 Å². The zero-order chi connectivity index (χ0) is 8.27. The molecule has 0 bridgehead atoms. The maximum atomic E-state index is 10.7. The van der Waals surface area contributed by atoms with E-state index >= 15 is 0 Å². The van der Waals surface area contributed by atoms with Gasteiger partial charge in [-0.15, -0.1) is 0 Å². The molecule has 0 fully saturated rings. The third-order valence-corrected chi connectivity index (χ3v) is 1.09. The molecule has 2 amide bonds. The second-order valence-electron chi connectivity index (χ2n) is 2.04. The maximum absolute atomic E-state index is 10.7. The molecule has 5 nitrogen and oxygen atoms in total. The van der Waals surface area contributed by atoms with Crippen LogP contribution in [-0.4, -0.2) is 18.2 Å². The maximum Gasteiger partial charge on any atom is 0.321 e. The van der Waals surface area contributed by atoms with Crippen LogP contribution in [0.15, 0.2) is 10.6 Å². The number of nitrogens with zero attached hydrogens (tertiary/aromatic N) is 1. The van der Waals surface area contributed by atoms with E-state index in [9.17, 15) is 4.79 Å². The molecule has 60 valence electrons. The number of carbonyl (C=O) groups excluding carboxylic acids is 1. The van der Waals surface area contributed by atoms with Crippen molar-refractivity contribution < 1.29 is 9.32 Å². The molecule has 0 aromatic carbocycles. The molecule has 0 spiro atoms. The van der Waals surface area contributed by atoms with E-state index in [1.54, 1.807) is 13.0 Å². The van der Waals surface area contributed by atoms with Gasteiger partial charge in [0.25, 0.3) is 0 Å². The van der Waals surface area contributed by atoms with Crippen LogP contribution in [0.5, 0.6) is 0 Å². The number of rotatable bonds is 1. The highest BCUT2D eigenvalue weighted by atomic mass is 16.5. The average molecular weight is 155 g/mol. The molecule has 0 aliphatic heterocycles. The number of hydrogen-bond acceptors (Lipinski definition) is 3. The molecule has 1 aromatic heterocycles. The molecule has 1 aromatic rings. The summed E-state index contributed by atoms with van der Waals surface area (Å²) in [5.74, 6) is 0.349. The van der Waals surface area contributed by atoms with Crippen molar-refractivity contribution in [2.24, 2.45) is 0 Å². The first-order valence-electron chi connectivity index (χ1n) is 3.14. The fourth-order valence-corrected chi connectivity index (χ4v) is 0.597. The van der Waals surface area contributed by atoms with Gasteiger partial charge in [-0.2, -0.15) is 0 Å². The quantitative estimate of drug-likeness (QED) is 0.628. The molecule has 1 heterocycles.